The number of allylic oxidation sites excluding steroid dienone is 1. The normalized spacial score (nSPS) is 11.9. The number of aromatic nitrogens is 2. The van der Waals surface area contributed by atoms with E-state index in [4.69, 9.17) is 21.1 Å². The Hall–Kier alpha value is -3.61. The Morgan fingerprint density at radius 3 is 2.58 bits per heavy atom. The minimum atomic E-state index is -0.0759. The molecule has 3 aromatic carbocycles. The molecule has 0 unspecified atom stereocenters. The number of ether oxygens (including phenoxy) is 2. The van der Waals surface area contributed by atoms with Crippen LogP contribution in [-0.2, 0) is 13.0 Å². The van der Waals surface area contributed by atoms with Crippen molar-refractivity contribution >= 4 is 45.0 Å². The van der Waals surface area contributed by atoms with Gasteiger partial charge in [-0.2, -0.15) is 0 Å². The van der Waals surface area contributed by atoms with Crippen LogP contribution in [0.3, 0.4) is 0 Å². The number of rotatable bonds is 7. The van der Waals surface area contributed by atoms with Crippen LogP contribution in [0.1, 0.15) is 27.8 Å². The van der Waals surface area contributed by atoms with Crippen molar-refractivity contribution in [3.63, 3.8) is 0 Å². The highest BCUT2D eigenvalue weighted by molar-refractivity contribution is 7.15. The summed E-state index contributed by atoms with van der Waals surface area (Å²) < 4.78 is 14.2. The number of halogens is 1. The third kappa shape index (κ3) is 4.50. The summed E-state index contributed by atoms with van der Waals surface area (Å²) in [5, 5.41) is 0.681. The van der Waals surface area contributed by atoms with Crippen molar-refractivity contribution in [1.29, 1.82) is 0 Å². The average Bonchev–Trinajstić information content (AvgIpc) is 3.35. The summed E-state index contributed by atoms with van der Waals surface area (Å²) in [5.41, 5.74) is 6.66. The summed E-state index contributed by atoms with van der Waals surface area (Å²) in [4.78, 5) is 18.7. The van der Waals surface area contributed by atoms with E-state index in [0.717, 1.165) is 38.9 Å². The molecule has 0 radical (unpaired) electrons. The largest absolute Gasteiger partial charge is 0.493 e. The van der Waals surface area contributed by atoms with Crippen LogP contribution in [0.2, 0.25) is 5.02 Å². The summed E-state index contributed by atoms with van der Waals surface area (Å²) in [6, 6.07) is 15.5. The Labute approximate surface area is 217 Å². The predicted octanol–water partition coefficient (Wildman–Crippen LogP) is 6.04. The third-order valence-electron chi connectivity index (χ3n) is 6.19. The fourth-order valence-corrected chi connectivity index (χ4v) is 5.31. The zero-order chi connectivity index (χ0) is 25.4. The monoisotopic (exact) mass is 516 g/mol. The van der Waals surface area contributed by atoms with Gasteiger partial charge in [0.2, 0.25) is 0 Å². The maximum atomic E-state index is 13.3. The molecule has 0 bridgehead atoms. The van der Waals surface area contributed by atoms with E-state index in [0.29, 0.717) is 39.0 Å². The van der Waals surface area contributed by atoms with Crippen molar-refractivity contribution < 1.29 is 9.47 Å². The van der Waals surface area contributed by atoms with Gasteiger partial charge in [-0.1, -0.05) is 41.1 Å². The molecule has 0 aliphatic carbocycles. The number of hydrogen-bond donors (Lipinski definition) is 0. The summed E-state index contributed by atoms with van der Waals surface area (Å²) >= 11 is 7.38. The van der Waals surface area contributed by atoms with E-state index in [-0.39, 0.29) is 5.56 Å². The highest BCUT2D eigenvalue weighted by Crippen LogP contribution is 2.34. The van der Waals surface area contributed by atoms with Gasteiger partial charge < -0.3 is 9.47 Å². The molecule has 7 heteroatoms. The molecule has 0 saturated carbocycles. The number of thiazole rings is 1. The van der Waals surface area contributed by atoms with E-state index < -0.39 is 0 Å². The van der Waals surface area contributed by atoms with Crippen LogP contribution in [0.25, 0.3) is 22.1 Å². The van der Waals surface area contributed by atoms with Crippen molar-refractivity contribution in [1.82, 2.24) is 9.38 Å². The van der Waals surface area contributed by atoms with Gasteiger partial charge in [0.15, 0.2) is 16.5 Å². The van der Waals surface area contributed by atoms with E-state index in [1.807, 2.05) is 67.6 Å². The molecule has 0 spiro atoms. The molecule has 5 rings (SSSR count). The van der Waals surface area contributed by atoms with Crippen LogP contribution in [0.15, 0.2) is 66.0 Å². The van der Waals surface area contributed by atoms with Crippen LogP contribution < -0.4 is 19.6 Å². The summed E-state index contributed by atoms with van der Waals surface area (Å²) in [7, 11) is 1.61. The molecule has 0 atom stereocenters. The molecule has 2 aromatic heterocycles. The molecule has 5 aromatic rings. The molecule has 182 valence electrons. The summed E-state index contributed by atoms with van der Waals surface area (Å²) in [6.45, 7) is 8.36. The lowest BCUT2D eigenvalue weighted by Gasteiger charge is -2.16. The van der Waals surface area contributed by atoms with Gasteiger partial charge >= 0.3 is 0 Å². The first kappa shape index (κ1) is 24.1. The second-order valence-electron chi connectivity index (χ2n) is 8.69. The first-order valence-corrected chi connectivity index (χ1v) is 12.7. The van der Waals surface area contributed by atoms with E-state index in [2.05, 4.69) is 18.5 Å². The number of benzene rings is 3. The molecular formula is C29H25ClN2O3S. The van der Waals surface area contributed by atoms with Gasteiger partial charge in [0, 0.05) is 10.6 Å². The van der Waals surface area contributed by atoms with Gasteiger partial charge in [-0.05, 0) is 85.0 Å². The number of fused-ring (bicyclic) bond motifs is 3. The summed E-state index contributed by atoms with van der Waals surface area (Å²) in [6.07, 6.45) is 4.30. The highest BCUT2D eigenvalue weighted by Gasteiger charge is 2.15. The van der Waals surface area contributed by atoms with Gasteiger partial charge in [-0.15, -0.1) is 6.58 Å². The lowest BCUT2D eigenvalue weighted by atomic mass is 10.1. The Morgan fingerprint density at radius 2 is 1.86 bits per heavy atom. The minimum Gasteiger partial charge on any atom is -0.493 e. The molecule has 0 aliphatic rings. The highest BCUT2D eigenvalue weighted by atomic mass is 35.5. The molecular weight excluding hydrogens is 492 g/mol. The molecule has 2 heterocycles. The first-order chi connectivity index (χ1) is 17.4. The standard InChI is InChI=1S/C29H25ClN2O3S/c1-5-6-21-13-20(14-25(34-4)27(21)35-16-19-7-9-22(30)10-8-19)15-26-28(33)32-24-12-18(3)17(2)11-23(24)31-29(32)36-26/h5,7-15H,1,6,16H2,2-4H3/b26-15-. The Balaban J connectivity index is 1.57. The summed E-state index contributed by atoms with van der Waals surface area (Å²) in [5.74, 6) is 1.25. The number of methoxy groups -OCH3 is 1. The van der Waals surface area contributed by atoms with E-state index in [9.17, 15) is 4.79 Å². The van der Waals surface area contributed by atoms with Crippen molar-refractivity contribution in [2.45, 2.75) is 26.9 Å². The molecule has 0 saturated heterocycles. The number of imidazole rings is 1. The second kappa shape index (κ2) is 9.80. The smallest absolute Gasteiger partial charge is 0.274 e. The lowest BCUT2D eigenvalue weighted by molar-refractivity contribution is 0.282. The van der Waals surface area contributed by atoms with Crippen LogP contribution in [0, 0.1) is 13.8 Å². The zero-order valence-corrected chi connectivity index (χ0v) is 21.9. The van der Waals surface area contributed by atoms with E-state index in [1.165, 1.54) is 11.3 Å². The quantitative estimate of drug-likeness (QED) is 0.247. The second-order valence-corrected chi connectivity index (χ2v) is 10.1. The first-order valence-electron chi connectivity index (χ1n) is 11.5. The SMILES string of the molecule is C=CCc1cc(/C=c2\sc3nc4cc(C)c(C)cc4n3c2=O)cc(OC)c1OCc1ccc(Cl)cc1. The van der Waals surface area contributed by atoms with Crippen LogP contribution >= 0.6 is 22.9 Å². The van der Waals surface area contributed by atoms with Crippen LogP contribution in [0.4, 0.5) is 0 Å². The van der Waals surface area contributed by atoms with Crippen LogP contribution in [0.5, 0.6) is 11.5 Å². The molecule has 0 N–H and O–H groups in total. The molecule has 0 amide bonds. The van der Waals surface area contributed by atoms with Gasteiger partial charge in [-0.25, -0.2) is 9.38 Å². The van der Waals surface area contributed by atoms with Gasteiger partial charge in [0.1, 0.15) is 6.61 Å². The van der Waals surface area contributed by atoms with E-state index in [1.54, 1.807) is 11.5 Å². The molecule has 0 fully saturated rings. The minimum absolute atomic E-state index is 0.0759. The zero-order valence-electron chi connectivity index (χ0n) is 20.3. The van der Waals surface area contributed by atoms with Crippen molar-refractivity contribution in [3.05, 3.63) is 109 Å². The van der Waals surface area contributed by atoms with Gasteiger partial charge in [0.25, 0.3) is 5.56 Å². The molecule has 36 heavy (non-hydrogen) atoms. The van der Waals surface area contributed by atoms with Crippen LogP contribution in [-0.4, -0.2) is 16.5 Å². The number of nitrogens with zero attached hydrogens (tertiary/aromatic N) is 2. The van der Waals surface area contributed by atoms with Gasteiger partial charge in [-0.3, -0.25) is 4.79 Å². The van der Waals surface area contributed by atoms with Gasteiger partial charge in [0.05, 0.1) is 22.7 Å². The van der Waals surface area contributed by atoms with Crippen molar-refractivity contribution in [2.75, 3.05) is 7.11 Å². The topological polar surface area (TPSA) is 52.8 Å². The molecule has 5 nitrogen and oxygen atoms in total. The Morgan fingerprint density at radius 1 is 1.11 bits per heavy atom. The predicted molar refractivity (Wildman–Crippen MR) is 148 cm³/mol. The maximum Gasteiger partial charge on any atom is 0.274 e. The third-order valence-corrected chi connectivity index (χ3v) is 7.41. The Kier molecular flexibility index (Phi) is 6.56. The maximum absolute atomic E-state index is 13.3. The number of hydrogen-bond acceptors (Lipinski definition) is 5. The number of aryl methyl sites for hydroxylation is 2. The average molecular weight is 517 g/mol. The van der Waals surface area contributed by atoms with E-state index >= 15 is 0 Å². The van der Waals surface area contributed by atoms with Crippen molar-refractivity contribution in [3.8, 4) is 11.5 Å². The lowest BCUT2D eigenvalue weighted by Crippen LogP contribution is -2.22. The Bertz CT molecular complexity index is 1720. The van der Waals surface area contributed by atoms with Crippen molar-refractivity contribution in [2.24, 2.45) is 0 Å². The fourth-order valence-electron chi connectivity index (χ4n) is 4.20. The molecule has 0 aliphatic heterocycles. The fraction of sp³-hybridized carbons (Fsp3) is 0.172.